The first-order valence-corrected chi connectivity index (χ1v) is 9.65. The number of rotatable bonds is 3. The summed E-state index contributed by atoms with van der Waals surface area (Å²) < 4.78 is 0. The average Bonchev–Trinajstić information content (AvgIpc) is 3.23. The summed E-state index contributed by atoms with van der Waals surface area (Å²) in [4.78, 5) is 16.8. The third-order valence-electron chi connectivity index (χ3n) is 5.62. The summed E-state index contributed by atoms with van der Waals surface area (Å²) in [7, 11) is 0. The monoisotopic (exact) mass is 350 g/mol. The van der Waals surface area contributed by atoms with Crippen LogP contribution in [-0.2, 0) is 4.79 Å². The van der Waals surface area contributed by atoms with Crippen molar-refractivity contribution in [2.75, 3.05) is 31.1 Å². The topological polar surface area (TPSA) is 49.3 Å². The molecule has 2 fully saturated rings. The van der Waals surface area contributed by atoms with E-state index in [1.165, 1.54) is 18.4 Å². The fourth-order valence-electron chi connectivity index (χ4n) is 3.96. The van der Waals surface area contributed by atoms with Crippen molar-refractivity contribution in [3.05, 3.63) is 42.0 Å². The van der Waals surface area contributed by atoms with Gasteiger partial charge in [-0.05, 0) is 31.9 Å². The maximum atomic E-state index is 12.5. The van der Waals surface area contributed by atoms with Crippen molar-refractivity contribution < 1.29 is 4.79 Å². The number of anilines is 1. The predicted octanol–water partition coefficient (Wildman–Crippen LogP) is 3.29. The van der Waals surface area contributed by atoms with Gasteiger partial charge in [0.2, 0.25) is 5.91 Å². The van der Waals surface area contributed by atoms with Crippen molar-refractivity contribution in [3.63, 3.8) is 0 Å². The zero-order chi connectivity index (χ0) is 17.9. The average molecular weight is 350 g/mol. The van der Waals surface area contributed by atoms with E-state index in [9.17, 15) is 4.79 Å². The van der Waals surface area contributed by atoms with Crippen LogP contribution < -0.4 is 4.90 Å². The van der Waals surface area contributed by atoms with Crippen LogP contribution in [0.2, 0.25) is 0 Å². The molecule has 136 valence electrons. The predicted molar refractivity (Wildman–Crippen MR) is 103 cm³/mol. The van der Waals surface area contributed by atoms with E-state index < -0.39 is 0 Å². The number of hydrogen-bond acceptors (Lipinski definition) is 4. The Bertz CT molecular complexity index is 743. The lowest BCUT2D eigenvalue weighted by Gasteiger charge is -2.36. The molecule has 4 rings (SSSR count). The number of nitrogens with zero attached hydrogens (tertiary/aromatic N) is 4. The van der Waals surface area contributed by atoms with Gasteiger partial charge in [-0.1, -0.05) is 42.7 Å². The van der Waals surface area contributed by atoms with Crippen molar-refractivity contribution in [1.82, 2.24) is 15.1 Å². The molecule has 5 nitrogen and oxygen atoms in total. The van der Waals surface area contributed by atoms with Gasteiger partial charge in [-0.2, -0.15) is 0 Å². The second kappa shape index (κ2) is 7.44. The molecule has 2 heterocycles. The highest BCUT2D eigenvalue weighted by atomic mass is 16.2. The van der Waals surface area contributed by atoms with Crippen molar-refractivity contribution in [3.8, 4) is 11.3 Å². The molecule has 0 unspecified atom stereocenters. The summed E-state index contributed by atoms with van der Waals surface area (Å²) in [5.41, 5.74) is 3.22. The van der Waals surface area contributed by atoms with Crippen molar-refractivity contribution >= 4 is 11.7 Å². The Kier molecular flexibility index (Phi) is 4.87. The molecule has 5 heteroatoms. The van der Waals surface area contributed by atoms with Crippen LogP contribution in [0.15, 0.2) is 36.4 Å². The van der Waals surface area contributed by atoms with Crippen LogP contribution in [0.5, 0.6) is 0 Å². The highest BCUT2D eigenvalue weighted by molar-refractivity contribution is 5.79. The number of amides is 1. The number of piperazine rings is 1. The molecule has 1 saturated heterocycles. The number of carbonyl (C=O) groups excluding carboxylic acids is 1. The van der Waals surface area contributed by atoms with Gasteiger partial charge in [0.1, 0.15) is 0 Å². The number of carbonyl (C=O) groups is 1. The summed E-state index contributed by atoms with van der Waals surface area (Å²) in [6.45, 7) is 5.32. The normalized spacial score (nSPS) is 18.3. The van der Waals surface area contributed by atoms with Crippen molar-refractivity contribution in [1.29, 1.82) is 0 Å². The quantitative estimate of drug-likeness (QED) is 0.852. The van der Waals surface area contributed by atoms with E-state index in [2.05, 4.69) is 46.3 Å². The van der Waals surface area contributed by atoms with Crippen LogP contribution in [-0.4, -0.2) is 47.2 Å². The van der Waals surface area contributed by atoms with Crippen LogP contribution in [0, 0.1) is 12.8 Å². The smallest absolute Gasteiger partial charge is 0.225 e. The second-order valence-corrected chi connectivity index (χ2v) is 7.44. The van der Waals surface area contributed by atoms with Crippen molar-refractivity contribution in [2.24, 2.45) is 5.92 Å². The molecule has 2 aliphatic rings. The Hall–Kier alpha value is -2.43. The largest absolute Gasteiger partial charge is 0.352 e. The van der Waals surface area contributed by atoms with Crippen LogP contribution in [0.25, 0.3) is 11.3 Å². The van der Waals surface area contributed by atoms with E-state index in [4.69, 9.17) is 0 Å². The first kappa shape index (κ1) is 17.0. The van der Waals surface area contributed by atoms with Crippen LogP contribution >= 0.6 is 0 Å². The number of hydrogen-bond donors (Lipinski definition) is 0. The van der Waals surface area contributed by atoms with Gasteiger partial charge in [0.05, 0.1) is 5.69 Å². The van der Waals surface area contributed by atoms with Gasteiger partial charge < -0.3 is 9.80 Å². The summed E-state index contributed by atoms with van der Waals surface area (Å²) in [5.74, 6) is 1.53. The third-order valence-corrected chi connectivity index (χ3v) is 5.62. The Morgan fingerprint density at radius 1 is 0.923 bits per heavy atom. The maximum Gasteiger partial charge on any atom is 0.225 e. The Balaban J connectivity index is 1.37. The standard InChI is InChI=1S/C21H26N4O/c1-16-6-8-17(9-7-16)19-10-11-20(23-22-19)24-12-14-25(15-13-24)21(26)18-4-2-3-5-18/h6-11,18H,2-5,12-15H2,1H3. The molecular formula is C21H26N4O. The van der Waals surface area contributed by atoms with Gasteiger partial charge >= 0.3 is 0 Å². The zero-order valence-corrected chi connectivity index (χ0v) is 15.4. The SMILES string of the molecule is Cc1ccc(-c2ccc(N3CCN(C(=O)C4CCCC4)CC3)nn2)cc1. The first-order chi connectivity index (χ1) is 12.7. The van der Waals surface area contributed by atoms with Gasteiger partial charge in [0.25, 0.3) is 0 Å². The molecular weight excluding hydrogens is 324 g/mol. The maximum absolute atomic E-state index is 12.5. The van der Waals surface area contributed by atoms with E-state index in [-0.39, 0.29) is 5.92 Å². The highest BCUT2D eigenvalue weighted by Gasteiger charge is 2.29. The lowest BCUT2D eigenvalue weighted by molar-refractivity contribution is -0.135. The first-order valence-electron chi connectivity index (χ1n) is 9.65. The zero-order valence-electron chi connectivity index (χ0n) is 15.4. The Morgan fingerprint density at radius 2 is 1.62 bits per heavy atom. The van der Waals surface area contributed by atoms with Gasteiger partial charge in [-0.25, -0.2) is 0 Å². The van der Waals surface area contributed by atoms with E-state index in [0.717, 1.165) is 56.1 Å². The molecule has 0 N–H and O–H groups in total. The summed E-state index contributed by atoms with van der Waals surface area (Å²) in [6, 6.07) is 12.4. The van der Waals surface area contributed by atoms with Gasteiger partial charge in [0, 0.05) is 37.7 Å². The van der Waals surface area contributed by atoms with Gasteiger partial charge in [-0.3, -0.25) is 4.79 Å². The third kappa shape index (κ3) is 3.57. The minimum absolute atomic E-state index is 0.273. The molecule has 2 aromatic rings. The molecule has 0 bridgehead atoms. The molecule has 1 amide bonds. The molecule has 1 aliphatic heterocycles. The lowest BCUT2D eigenvalue weighted by Crippen LogP contribution is -2.50. The van der Waals surface area contributed by atoms with Gasteiger partial charge in [0.15, 0.2) is 5.82 Å². The van der Waals surface area contributed by atoms with Crippen molar-refractivity contribution in [2.45, 2.75) is 32.6 Å². The summed E-state index contributed by atoms with van der Waals surface area (Å²) in [6.07, 6.45) is 4.56. The molecule has 1 aliphatic carbocycles. The molecule has 1 saturated carbocycles. The lowest BCUT2D eigenvalue weighted by atomic mass is 10.1. The van der Waals surface area contributed by atoms with Gasteiger partial charge in [-0.15, -0.1) is 10.2 Å². The number of aryl methyl sites for hydroxylation is 1. The van der Waals surface area contributed by atoms with Crippen LogP contribution in [0.3, 0.4) is 0 Å². The van der Waals surface area contributed by atoms with E-state index in [0.29, 0.717) is 5.91 Å². The molecule has 0 spiro atoms. The molecule has 0 atom stereocenters. The summed E-state index contributed by atoms with van der Waals surface area (Å²) in [5, 5.41) is 8.82. The number of benzene rings is 1. The molecule has 26 heavy (non-hydrogen) atoms. The van der Waals surface area contributed by atoms with E-state index in [1.54, 1.807) is 0 Å². The molecule has 1 aromatic carbocycles. The molecule has 1 aromatic heterocycles. The number of aromatic nitrogens is 2. The Labute approximate surface area is 155 Å². The summed E-state index contributed by atoms with van der Waals surface area (Å²) >= 11 is 0. The minimum Gasteiger partial charge on any atom is -0.352 e. The fourth-order valence-corrected chi connectivity index (χ4v) is 3.96. The van der Waals surface area contributed by atoms with Crippen LogP contribution in [0.1, 0.15) is 31.2 Å². The fraction of sp³-hybridized carbons (Fsp3) is 0.476. The van der Waals surface area contributed by atoms with E-state index >= 15 is 0 Å². The highest BCUT2D eigenvalue weighted by Crippen LogP contribution is 2.27. The van der Waals surface area contributed by atoms with Crippen LogP contribution in [0.4, 0.5) is 5.82 Å². The Morgan fingerprint density at radius 3 is 2.23 bits per heavy atom. The second-order valence-electron chi connectivity index (χ2n) is 7.44. The van der Waals surface area contributed by atoms with E-state index in [1.807, 2.05) is 17.0 Å². The molecule has 0 radical (unpaired) electrons. The minimum atomic E-state index is 0.273.